The second-order valence-electron chi connectivity index (χ2n) is 4.06. The zero-order valence-electron chi connectivity index (χ0n) is 10.7. The third kappa shape index (κ3) is 6.89. The highest BCUT2D eigenvalue weighted by Crippen LogP contribution is 2.14. The molecule has 1 N–H and O–H groups in total. The molecule has 0 radical (unpaired) electrons. The molecule has 1 rings (SSSR count). The Hall–Kier alpha value is -2.28. The first kappa shape index (κ1) is 14.8. The SMILES string of the molecule is N#CCCCCCOc1ccc(/C=C/C(=O)O)cc1. The van der Waals surface area contributed by atoms with Gasteiger partial charge in [-0.2, -0.15) is 5.26 Å². The van der Waals surface area contributed by atoms with Crippen molar-refractivity contribution in [3.8, 4) is 11.8 Å². The van der Waals surface area contributed by atoms with Crippen molar-refractivity contribution in [2.45, 2.75) is 25.7 Å². The number of ether oxygens (including phenoxy) is 1. The lowest BCUT2D eigenvalue weighted by molar-refractivity contribution is -0.131. The number of hydrogen-bond acceptors (Lipinski definition) is 3. The molecule has 4 heteroatoms. The second-order valence-corrected chi connectivity index (χ2v) is 4.06. The van der Waals surface area contributed by atoms with Gasteiger partial charge in [0.15, 0.2) is 0 Å². The molecule has 0 atom stereocenters. The smallest absolute Gasteiger partial charge is 0.328 e. The first-order valence-electron chi connectivity index (χ1n) is 6.23. The summed E-state index contributed by atoms with van der Waals surface area (Å²) < 4.78 is 5.54. The molecule has 0 amide bonds. The maximum atomic E-state index is 10.4. The topological polar surface area (TPSA) is 70.3 Å². The normalized spacial score (nSPS) is 10.3. The van der Waals surface area contributed by atoms with Gasteiger partial charge in [-0.15, -0.1) is 0 Å². The fraction of sp³-hybridized carbons (Fsp3) is 0.333. The average Bonchev–Trinajstić information content (AvgIpc) is 2.41. The molecule has 4 nitrogen and oxygen atoms in total. The van der Waals surface area contributed by atoms with Crippen LogP contribution in [0.3, 0.4) is 0 Å². The number of carboxylic acids is 1. The molecule has 0 aliphatic rings. The lowest BCUT2D eigenvalue weighted by Crippen LogP contribution is -1.97. The lowest BCUT2D eigenvalue weighted by Gasteiger charge is -2.05. The van der Waals surface area contributed by atoms with Crippen molar-refractivity contribution in [3.63, 3.8) is 0 Å². The van der Waals surface area contributed by atoms with E-state index in [4.69, 9.17) is 15.1 Å². The average molecular weight is 259 g/mol. The van der Waals surface area contributed by atoms with E-state index in [2.05, 4.69) is 6.07 Å². The van der Waals surface area contributed by atoms with Crippen LogP contribution < -0.4 is 4.74 Å². The first-order valence-corrected chi connectivity index (χ1v) is 6.23. The molecule has 0 fully saturated rings. The number of benzene rings is 1. The van der Waals surface area contributed by atoms with Crippen LogP contribution in [0.25, 0.3) is 6.08 Å². The van der Waals surface area contributed by atoms with Gasteiger partial charge in [0.2, 0.25) is 0 Å². The molecule has 1 aromatic rings. The Morgan fingerprint density at radius 1 is 1.26 bits per heavy atom. The number of hydrogen-bond donors (Lipinski definition) is 1. The van der Waals surface area contributed by atoms with Gasteiger partial charge in [0, 0.05) is 12.5 Å². The summed E-state index contributed by atoms with van der Waals surface area (Å²) in [5.74, 6) is -0.189. The van der Waals surface area contributed by atoms with E-state index in [0.717, 1.165) is 36.7 Å². The summed E-state index contributed by atoms with van der Waals surface area (Å²) in [7, 11) is 0. The summed E-state index contributed by atoms with van der Waals surface area (Å²) in [4.78, 5) is 10.4. The summed E-state index contributed by atoms with van der Waals surface area (Å²) in [6.07, 6.45) is 6.08. The van der Waals surface area contributed by atoms with Crippen LogP contribution in [0.15, 0.2) is 30.3 Å². The molecule has 0 saturated heterocycles. The van der Waals surface area contributed by atoms with E-state index in [1.54, 1.807) is 0 Å². The van der Waals surface area contributed by atoms with Gasteiger partial charge < -0.3 is 9.84 Å². The predicted molar refractivity (Wildman–Crippen MR) is 72.7 cm³/mol. The van der Waals surface area contributed by atoms with Crippen molar-refractivity contribution in [3.05, 3.63) is 35.9 Å². The number of unbranched alkanes of at least 4 members (excludes halogenated alkanes) is 3. The molecule has 0 heterocycles. The number of nitrogens with zero attached hydrogens (tertiary/aromatic N) is 1. The minimum absolute atomic E-state index is 0.602. The van der Waals surface area contributed by atoms with E-state index in [1.165, 1.54) is 6.08 Å². The Kier molecular flexibility index (Phi) is 6.81. The lowest BCUT2D eigenvalue weighted by atomic mass is 10.2. The van der Waals surface area contributed by atoms with E-state index >= 15 is 0 Å². The predicted octanol–water partition coefficient (Wildman–Crippen LogP) is 3.25. The van der Waals surface area contributed by atoms with Crippen LogP contribution in [0.2, 0.25) is 0 Å². The summed E-state index contributed by atoms with van der Waals surface area (Å²) >= 11 is 0. The highest BCUT2D eigenvalue weighted by molar-refractivity contribution is 5.85. The minimum Gasteiger partial charge on any atom is -0.494 e. The van der Waals surface area contributed by atoms with Crippen LogP contribution in [0.4, 0.5) is 0 Å². The number of carboxylic acid groups (broad SMARTS) is 1. The maximum absolute atomic E-state index is 10.4. The molecule has 0 spiro atoms. The number of aliphatic carboxylic acids is 1. The van der Waals surface area contributed by atoms with Crippen LogP contribution in [0, 0.1) is 11.3 Å². The molecule has 19 heavy (non-hydrogen) atoms. The van der Waals surface area contributed by atoms with Crippen LogP contribution in [-0.2, 0) is 4.79 Å². The standard InChI is InChI=1S/C15H17NO3/c16-11-3-1-2-4-12-19-14-8-5-13(6-9-14)7-10-15(17)18/h5-10H,1-4,12H2,(H,17,18)/b10-7+. The quantitative estimate of drug-likeness (QED) is 0.574. The Balaban J connectivity index is 2.28. The Bertz CT molecular complexity index is 457. The molecule has 100 valence electrons. The van der Waals surface area contributed by atoms with Gasteiger partial charge in [-0.25, -0.2) is 4.79 Å². The highest BCUT2D eigenvalue weighted by Gasteiger charge is 1.95. The monoisotopic (exact) mass is 259 g/mol. The van der Waals surface area contributed by atoms with E-state index in [1.807, 2.05) is 24.3 Å². The molecule has 0 bridgehead atoms. The van der Waals surface area contributed by atoms with Gasteiger partial charge >= 0.3 is 5.97 Å². The van der Waals surface area contributed by atoms with E-state index < -0.39 is 5.97 Å². The summed E-state index contributed by atoms with van der Waals surface area (Å²) in [6, 6.07) is 9.37. The van der Waals surface area contributed by atoms with Crippen LogP contribution in [0.1, 0.15) is 31.2 Å². The van der Waals surface area contributed by atoms with Crippen LogP contribution in [0.5, 0.6) is 5.75 Å². The van der Waals surface area contributed by atoms with Crippen molar-refractivity contribution < 1.29 is 14.6 Å². The van der Waals surface area contributed by atoms with Crippen molar-refractivity contribution in [2.75, 3.05) is 6.61 Å². The summed E-state index contributed by atoms with van der Waals surface area (Å²) in [5.41, 5.74) is 0.823. The molecule has 0 aromatic heterocycles. The van der Waals surface area contributed by atoms with E-state index in [0.29, 0.717) is 13.0 Å². The van der Waals surface area contributed by atoms with Crippen LogP contribution >= 0.6 is 0 Å². The van der Waals surface area contributed by atoms with Crippen LogP contribution in [-0.4, -0.2) is 17.7 Å². The first-order chi connectivity index (χ1) is 9.22. The van der Waals surface area contributed by atoms with Gasteiger partial charge in [0.1, 0.15) is 5.75 Å². The number of nitriles is 1. The fourth-order valence-electron chi connectivity index (χ4n) is 1.52. The molecule has 0 saturated carbocycles. The van der Waals surface area contributed by atoms with Gasteiger partial charge in [0.05, 0.1) is 12.7 Å². The van der Waals surface area contributed by atoms with Gasteiger partial charge in [-0.3, -0.25) is 0 Å². The largest absolute Gasteiger partial charge is 0.494 e. The highest BCUT2D eigenvalue weighted by atomic mass is 16.5. The molecular weight excluding hydrogens is 242 g/mol. The second kappa shape index (κ2) is 8.76. The van der Waals surface area contributed by atoms with Crippen molar-refractivity contribution in [1.82, 2.24) is 0 Å². The molecule has 0 unspecified atom stereocenters. The maximum Gasteiger partial charge on any atom is 0.328 e. The minimum atomic E-state index is -0.960. The fourth-order valence-corrected chi connectivity index (χ4v) is 1.52. The summed E-state index contributed by atoms with van der Waals surface area (Å²) in [5, 5.41) is 16.9. The third-order valence-electron chi connectivity index (χ3n) is 2.50. The molecule has 1 aromatic carbocycles. The van der Waals surface area contributed by atoms with Gasteiger partial charge in [-0.1, -0.05) is 12.1 Å². The summed E-state index contributed by atoms with van der Waals surface area (Å²) in [6.45, 7) is 0.635. The van der Waals surface area contributed by atoms with Gasteiger partial charge in [0.25, 0.3) is 0 Å². The third-order valence-corrected chi connectivity index (χ3v) is 2.50. The Morgan fingerprint density at radius 3 is 2.63 bits per heavy atom. The van der Waals surface area contributed by atoms with Crippen molar-refractivity contribution in [1.29, 1.82) is 5.26 Å². The number of rotatable bonds is 8. The zero-order chi connectivity index (χ0) is 13.9. The van der Waals surface area contributed by atoms with Crippen molar-refractivity contribution in [2.24, 2.45) is 0 Å². The molecule has 0 aliphatic carbocycles. The zero-order valence-corrected chi connectivity index (χ0v) is 10.7. The van der Waals surface area contributed by atoms with Crippen molar-refractivity contribution >= 4 is 12.0 Å². The van der Waals surface area contributed by atoms with Gasteiger partial charge in [-0.05, 0) is 43.0 Å². The Labute approximate surface area is 112 Å². The number of carbonyl (C=O) groups is 1. The van der Waals surface area contributed by atoms with E-state index in [9.17, 15) is 4.79 Å². The van der Waals surface area contributed by atoms with E-state index in [-0.39, 0.29) is 0 Å². The Morgan fingerprint density at radius 2 is 2.00 bits per heavy atom. The molecule has 0 aliphatic heterocycles. The molecular formula is C15H17NO3.